The van der Waals surface area contributed by atoms with E-state index in [1.165, 1.54) is 11.8 Å². The summed E-state index contributed by atoms with van der Waals surface area (Å²) in [7, 11) is 1.73. The van der Waals surface area contributed by atoms with E-state index in [1.807, 2.05) is 42.5 Å². The number of esters is 1. The van der Waals surface area contributed by atoms with Crippen molar-refractivity contribution in [3.63, 3.8) is 0 Å². The fourth-order valence-corrected chi connectivity index (χ4v) is 4.71. The number of carboxylic acids is 2. The van der Waals surface area contributed by atoms with E-state index in [1.54, 1.807) is 19.2 Å². The molecule has 0 saturated heterocycles. The van der Waals surface area contributed by atoms with E-state index in [9.17, 15) is 29.4 Å². The van der Waals surface area contributed by atoms with Crippen LogP contribution in [0.4, 0.5) is 5.69 Å². The lowest BCUT2D eigenvalue weighted by atomic mass is 10.00. The monoisotopic (exact) mass is 513 g/mol. The number of hydrogen-bond acceptors (Lipinski definition) is 5. The Hall–Kier alpha value is -3.76. The molecule has 0 fully saturated rings. The number of aryl methyl sites for hydroxylation is 2. The predicted molar refractivity (Wildman–Crippen MR) is 134 cm³/mol. The summed E-state index contributed by atoms with van der Waals surface area (Å²) in [6, 6.07) is 14.2. The Bertz CT molecular complexity index is 1120. The molecule has 37 heavy (non-hydrogen) atoms. The van der Waals surface area contributed by atoms with Crippen LogP contribution in [0.1, 0.15) is 30.9 Å². The van der Waals surface area contributed by atoms with E-state index in [0.29, 0.717) is 36.3 Å². The van der Waals surface area contributed by atoms with E-state index in [-0.39, 0.29) is 5.91 Å². The number of carbonyl (C=O) groups excluding carboxylic acids is 2. The number of carboxylic acid groups (broad SMARTS) is 2. The Kier molecular flexibility index (Phi) is 9.37. The Labute approximate surface area is 215 Å². The van der Waals surface area contributed by atoms with E-state index in [4.69, 9.17) is 4.74 Å². The minimum atomic E-state index is -1.18. The van der Waals surface area contributed by atoms with Gasteiger partial charge in [0.15, 0.2) is 18.2 Å². The predicted octanol–water partition coefficient (Wildman–Crippen LogP) is -0.438. The van der Waals surface area contributed by atoms with Crippen molar-refractivity contribution in [2.24, 2.45) is 0 Å². The van der Waals surface area contributed by atoms with E-state index in [0.717, 1.165) is 11.1 Å². The number of anilines is 1. The molecule has 198 valence electrons. The van der Waals surface area contributed by atoms with E-state index < -0.39 is 48.7 Å². The number of carbonyl (C=O) groups is 4. The van der Waals surface area contributed by atoms with Gasteiger partial charge in [-0.3, -0.25) is 14.5 Å². The molecule has 1 heterocycles. The van der Waals surface area contributed by atoms with Gasteiger partial charge in [-0.2, -0.15) is 0 Å². The molecule has 1 amide bonds. The van der Waals surface area contributed by atoms with E-state index in [2.05, 4.69) is 5.73 Å². The van der Waals surface area contributed by atoms with Gasteiger partial charge in [-0.15, -0.1) is 0 Å². The molecule has 0 spiro atoms. The fourth-order valence-electron chi connectivity index (χ4n) is 4.71. The number of benzene rings is 2. The van der Waals surface area contributed by atoms with Crippen LogP contribution in [-0.4, -0.2) is 71.9 Å². The molecule has 10 nitrogen and oxygen atoms in total. The zero-order valence-corrected chi connectivity index (χ0v) is 21.1. The van der Waals surface area contributed by atoms with Crippen LogP contribution in [0.2, 0.25) is 0 Å². The number of amides is 1. The summed E-state index contributed by atoms with van der Waals surface area (Å²) >= 11 is 0. The largest absolute Gasteiger partial charge is 0.480 e. The number of para-hydroxylation sites is 1. The molecular formula is C27H35N3O7+2. The van der Waals surface area contributed by atoms with Crippen LogP contribution in [-0.2, 0) is 36.8 Å². The van der Waals surface area contributed by atoms with Crippen LogP contribution in [0.25, 0.3) is 0 Å². The second kappa shape index (κ2) is 12.5. The molecular weight excluding hydrogens is 478 g/mol. The van der Waals surface area contributed by atoms with Crippen molar-refractivity contribution < 1.29 is 44.8 Å². The highest BCUT2D eigenvalue weighted by atomic mass is 16.5. The average Bonchev–Trinajstić information content (AvgIpc) is 3.00. The van der Waals surface area contributed by atoms with Gasteiger partial charge in [-0.1, -0.05) is 48.5 Å². The van der Waals surface area contributed by atoms with Crippen LogP contribution in [0, 0.1) is 0 Å². The Morgan fingerprint density at radius 1 is 1.11 bits per heavy atom. The highest BCUT2D eigenvalue weighted by molar-refractivity contribution is 6.01. The molecule has 0 aliphatic carbocycles. The topological polar surface area (TPSA) is 153 Å². The molecule has 1 aliphatic rings. The Morgan fingerprint density at radius 3 is 2.41 bits per heavy atom. The molecule has 2 aromatic carbocycles. The first-order valence-electron chi connectivity index (χ1n) is 12.3. The van der Waals surface area contributed by atoms with Crippen LogP contribution < -0.4 is 15.5 Å². The third-order valence-corrected chi connectivity index (χ3v) is 6.98. The van der Waals surface area contributed by atoms with Crippen LogP contribution in [0.5, 0.6) is 0 Å². The Balaban J connectivity index is 1.89. The standard InChI is InChI=1S/C27H33N3O7/c1-17(24(28)26(34)35)37-27(36)22(14-12-18-8-4-3-5-9-18)29(2)21-15-13-19-10-6-7-11-20(19)30(25(21)33)16-23(31)32/h3-11,17,21-22,24H,12-16,28H2,1-2H3,(H,31,32)(H,34,35)/p+2/t17-,21-,22?,24+/m1/s1. The number of hydrogen-bond donors (Lipinski definition) is 4. The molecule has 0 saturated carbocycles. The summed E-state index contributed by atoms with van der Waals surface area (Å²) in [5.41, 5.74) is 6.00. The molecule has 0 bridgehead atoms. The molecule has 10 heteroatoms. The lowest BCUT2D eigenvalue weighted by Gasteiger charge is -2.32. The van der Waals surface area contributed by atoms with Gasteiger partial charge in [0, 0.05) is 18.5 Å². The van der Waals surface area contributed by atoms with Gasteiger partial charge < -0.3 is 25.6 Å². The van der Waals surface area contributed by atoms with Crippen molar-refractivity contribution in [2.45, 2.75) is 56.8 Å². The maximum absolute atomic E-state index is 13.7. The first-order valence-corrected chi connectivity index (χ1v) is 12.3. The second-order valence-electron chi connectivity index (χ2n) is 9.45. The molecule has 2 aromatic rings. The van der Waals surface area contributed by atoms with Crippen molar-refractivity contribution in [3.05, 3.63) is 65.7 Å². The first kappa shape index (κ1) is 27.8. The first-order chi connectivity index (χ1) is 17.6. The molecule has 6 N–H and O–H groups in total. The zero-order valence-electron chi connectivity index (χ0n) is 21.1. The van der Waals surface area contributed by atoms with Gasteiger partial charge in [-0.25, -0.2) is 9.59 Å². The molecule has 0 radical (unpaired) electrons. The maximum atomic E-state index is 13.7. The second-order valence-corrected chi connectivity index (χ2v) is 9.45. The number of likely N-dealkylation sites (N-methyl/N-ethyl adjacent to an activating group) is 1. The van der Waals surface area contributed by atoms with Crippen LogP contribution >= 0.6 is 0 Å². The average molecular weight is 514 g/mol. The lowest BCUT2D eigenvalue weighted by Crippen LogP contribution is -3.19. The number of fused-ring (bicyclic) bond motifs is 1. The smallest absolute Gasteiger partial charge is 0.366 e. The minimum Gasteiger partial charge on any atom is -0.480 e. The van der Waals surface area contributed by atoms with E-state index >= 15 is 0 Å². The molecule has 1 aliphatic heterocycles. The maximum Gasteiger partial charge on any atom is 0.366 e. The summed E-state index contributed by atoms with van der Waals surface area (Å²) in [5, 5.41) is 18.8. The highest BCUT2D eigenvalue weighted by Gasteiger charge is 2.43. The third-order valence-electron chi connectivity index (χ3n) is 6.98. The number of quaternary nitrogens is 2. The highest BCUT2D eigenvalue weighted by Crippen LogP contribution is 2.26. The number of nitrogens with zero attached hydrogens (tertiary/aromatic N) is 1. The fraction of sp³-hybridized carbons (Fsp3) is 0.407. The van der Waals surface area contributed by atoms with Gasteiger partial charge >= 0.3 is 17.9 Å². The molecule has 0 aromatic heterocycles. The van der Waals surface area contributed by atoms with Crippen molar-refractivity contribution >= 4 is 29.5 Å². The number of nitrogens with one attached hydrogen (secondary N) is 1. The molecule has 3 rings (SSSR count). The molecule has 2 unspecified atom stereocenters. The summed E-state index contributed by atoms with van der Waals surface area (Å²) in [6.07, 6.45) is 0.881. The zero-order chi connectivity index (χ0) is 27.1. The van der Waals surface area contributed by atoms with Gasteiger partial charge in [0.1, 0.15) is 6.54 Å². The normalized spacial score (nSPS) is 18.6. The van der Waals surface area contributed by atoms with Crippen molar-refractivity contribution in [3.8, 4) is 0 Å². The third kappa shape index (κ3) is 6.93. The van der Waals surface area contributed by atoms with Gasteiger partial charge in [-0.05, 0) is 37.0 Å². The Morgan fingerprint density at radius 2 is 1.76 bits per heavy atom. The quantitative estimate of drug-likeness (QED) is 0.297. The summed E-state index contributed by atoms with van der Waals surface area (Å²) in [4.78, 5) is 51.9. The number of ether oxygens (including phenoxy) is 1. The SMILES string of the molecule is C[C@@H](OC(=O)C(CCc1ccccc1)[NH+](C)[C@@H]1CCc2ccccc2N(CC(=O)O)C1=O)[C@H]([NH3+])C(=O)O. The van der Waals surface area contributed by atoms with Crippen molar-refractivity contribution in [1.82, 2.24) is 0 Å². The summed E-state index contributed by atoms with van der Waals surface area (Å²) in [5.74, 6) is -3.31. The van der Waals surface area contributed by atoms with Crippen LogP contribution in [0.3, 0.4) is 0 Å². The number of rotatable bonds is 11. The van der Waals surface area contributed by atoms with Gasteiger partial charge in [0.2, 0.25) is 6.04 Å². The van der Waals surface area contributed by atoms with Gasteiger partial charge in [0.25, 0.3) is 5.91 Å². The summed E-state index contributed by atoms with van der Waals surface area (Å²) < 4.78 is 5.53. The van der Waals surface area contributed by atoms with Crippen molar-refractivity contribution in [2.75, 3.05) is 18.5 Å². The molecule has 5 atom stereocenters. The van der Waals surface area contributed by atoms with Crippen LogP contribution in [0.15, 0.2) is 54.6 Å². The lowest BCUT2D eigenvalue weighted by molar-refractivity contribution is -0.913. The number of aliphatic carboxylic acids is 2. The summed E-state index contributed by atoms with van der Waals surface area (Å²) in [6.45, 7) is 0.993. The minimum absolute atomic E-state index is 0.353. The van der Waals surface area contributed by atoms with Crippen molar-refractivity contribution in [1.29, 1.82) is 0 Å². The van der Waals surface area contributed by atoms with Gasteiger partial charge in [0.05, 0.1) is 7.05 Å².